The summed E-state index contributed by atoms with van der Waals surface area (Å²) in [4.78, 5) is 26.7. The minimum Gasteiger partial charge on any atom is -0.453 e. The second kappa shape index (κ2) is 7.07. The van der Waals surface area contributed by atoms with Gasteiger partial charge in [0.15, 0.2) is 0 Å². The van der Waals surface area contributed by atoms with Crippen LogP contribution in [-0.4, -0.2) is 55.9 Å². The summed E-state index contributed by atoms with van der Waals surface area (Å²) in [5, 5.41) is 2.70. The summed E-state index contributed by atoms with van der Waals surface area (Å²) in [7, 11) is 1.31. The molecule has 2 amide bonds. The number of nitrogens with one attached hydrogen (secondary N) is 1. The first-order chi connectivity index (χ1) is 10.8. The SMILES string of the molecule is COC(=O)N[C@H](C(=O)N1C[C@@]2(CCOC2)C[C@H]1C(C)C)C(C)C. The quantitative estimate of drug-likeness (QED) is 0.858. The molecular weight excluding hydrogens is 296 g/mol. The van der Waals surface area contributed by atoms with Gasteiger partial charge in [0, 0.05) is 24.6 Å². The van der Waals surface area contributed by atoms with Crippen molar-refractivity contribution in [3.8, 4) is 0 Å². The fourth-order valence-corrected chi connectivity index (χ4v) is 3.75. The molecule has 1 spiro atoms. The van der Waals surface area contributed by atoms with Gasteiger partial charge in [0.2, 0.25) is 5.91 Å². The smallest absolute Gasteiger partial charge is 0.407 e. The molecule has 0 aromatic rings. The molecule has 0 aromatic heterocycles. The third-order valence-electron chi connectivity index (χ3n) is 5.18. The second-order valence-corrected chi connectivity index (χ2v) is 7.64. The highest BCUT2D eigenvalue weighted by Gasteiger charge is 2.50. The molecule has 6 nitrogen and oxygen atoms in total. The molecule has 23 heavy (non-hydrogen) atoms. The van der Waals surface area contributed by atoms with Crippen LogP contribution in [-0.2, 0) is 14.3 Å². The fourth-order valence-electron chi connectivity index (χ4n) is 3.75. The van der Waals surface area contributed by atoms with Crippen LogP contribution >= 0.6 is 0 Å². The Hall–Kier alpha value is -1.30. The molecule has 0 unspecified atom stereocenters. The van der Waals surface area contributed by atoms with Crippen molar-refractivity contribution >= 4 is 12.0 Å². The maximum absolute atomic E-state index is 13.1. The Morgan fingerprint density at radius 3 is 2.48 bits per heavy atom. The molecule has 2 fully saturated rings. The highest BCUT2D eigenvalue weighted by molar-refractivity contribution is 5.86. The van der Waals surface area contributed by atoms with Crippen molar-refractivity contribution < 1.29 is 19.1 Å². The number of carbonyl (C=O) groups excluding carboxylic acids is 2. The largest absolute Gasteiger partial charge is 0.453 e. The van der Waals surface area contributed by atoms with E-state index in [4.69, 9.17) is 4.74 Å². The Morgan fingerprint density at radius 1 is 1.30 bits per heavy atom. The number of likely N-dealkylation sites (tertiary alicyclic amines) is 1. The molecule has 1 N–H and O–H groups in total. The number of rotatable bonds is 4. The van der Waals surface area contributed by atoms with Crippen LogP contribution in [0.3, 0.4) is 0 Å². The number of methoxy groups -OCH3 is 1. The fraction of sp³-hybridized carbons (Fsp3) is 0.882. The molecule has 2 rings (SSSR count). The summed E-state index contributed by atoms with van der Waals surface area (Å²) in [6.07, 6.45) is 1.44. The zero-order valence-electron chi connectivity index (χ0n) is 14.9. The number of ether oxygens (including phenoxy) is 2. The van der Waals surface area contributed by atoms with E-state index in [-0.39, 0.29) is 23.3 Å². The average molecular weight is 326 g/mol. The minimum absolute atomic E-state index is 0.00536. The van der Waals surface area contributed by atoms with Crippen LogP contribution in [0.1, 0.15) is 40.5 Å². The van der Waals surface area contributed by atoms with Crippen LogP contribution in [0.25, 0.3) is 0 Å². The Morgan fingerprint density at radius 2 is 2.00 bits per heavy atom. The molecule has 2 aliphatic heterocycles. The number of hydrogen-bond acceptors (Lipinski definition) is 4. The van der Waals surface area contributed by atoms with E-state index in [1.165, 1.54) is 7.11 Å². The van der Waals surface area contributed by atoms with Crippen molar-refractivity contribution in [1.29, 1.82) is 0 Å². The number of alkyl carbamates (subject to hydrolysis) is 1. The molecule has 2 aliphatic rings. The predicted octanol–water partition coefficient (Wildman–Crippen LogP) is 2.03. The van der Waals surface area contributed by atoms with Crippen LogP contribution in [0, 0.1) is 17.3 Å². The van der Waals surface area contributed by atoms with Crippen molar-refractivity contribution in [2.75, 3.05) is 26.9 Å². The van der Waals surface area contributed by atoms with E-state index in [1.807, 2.05) is 18.7 Å². The lowest BCUT2D eigenvalue weighted by Gasteiger charge is -2.32. The van der Waals surface area contributed by atoms with Gasteiger partial charge in [-0.2, -0.15) is 0 Å². The van der Waals surface area contributed by atoms with Crippen molar-refractivity contribution in [2.45, 2.75) is 52.6 Å². The number of hydrogen-bond donors (Lipinski definition) is 1. The van der Waals surface area contributed by atoms with Crippen molar-refractivity contribution in [3.05, 3.63) is 0 Å². The molecule has 6 heteroatoms. The minimum atomic E-state index is -0.559. The van der Waals surface area contributed by atoms with E-state index in [2.05, 4.69) is 23.9 Å². The molecule has 0 saturated carbocycles. The standard InChI is InChI=1S/C17H30N2O4/c1-11(2)13-8-17(6-7-23-10-17)9-19(13)15(20)14(12(3)4)18-16(21)22-5/h11-14H,6-10H2,1-5H3,(H,18,21)/t13-,14-,17+/m0/s1. The first kappa shape index (κ1) is 18.0. The maximum Gasteiger partial charge on any atom is 0.407 e. The first-order valence-corrected chi connectivity index (χ1v) is 8.52. The van der Waals surface area contributed by atoms with Crippen LogP contribution in [0.2, 0.25) is 0 Å². The van der Waals surface area contributed by atoms with Crippen LogP contribution in [0.15, 0.2) is 0 Å². The van der Waals surface area contributed by atoms with Crippen LogP contribution in [0.5, 0.6) is 0 Å². The van der Waals surface area contributed by atoms with E-state index >= 15 is 0 Å². The van der Waals surface area contributed by atoms with Gasteiger partial charge in [-0.05, 0) is 24.7 Å². The second-order valence-electron chi connectivity index (χ2n) is 7.64. The lowest BCUT2D eigenvalue weighted by Crippen LogP contribution is -2.53. The monoisotopic (exact) mass is 326 g/mol. The highest BCUT2D eigenvalue weighted by atomic mass is 16.5. The summed E-state index contributed by atoms with van der Waals surface area (Å²) >= 11 is 0. The Kier molecular flexibility index (Phi) is 5.55. The maximum atomic E-state index is 13.1. The first-order valence-electron chi connectivity index (χ1n) is 8.52. The van der Waals surface area contributed by atoms with Gasteiger partial charge >= 0.3 is 6.09 Å². The normalized spacial score (nSPS) is 28.7. The molecule has 0 bridgehead atoms. The average Bonchev–Trinajstić information content (AvgIpc) is 3.11. The molecule has 2 saturated heterocycles. The number of nitrogens with zero attached hydrogens (tertiary/aromatic N) is 1. The highest BCUT2D eigenvalue weighted by Crippen LogP contribution is 2.43. The molecule has 0 aliphatic carbocycles. The molecule has 0 aromatic carbocycles. The Labute approximate surface area is 138 Å². The summed E-state index contributed by atoms with van der Waals surface area (Å²) in [6, 6.07) is -0.355. The van der Waals surface area contributed by atoms with Crippen molar-refractivity contribution in [2.24, 2.45) is 17.3 Å². The molecule has 0 radical (unpaired) electrons. The van der Waals surface area contributed by atoms with Gasteiger partial charge in [-0.15, -0.1) is 0 Å². The molecule has 132 valence electrons. The lowest BCUT2D eigenvalue weighted by atomic mass is 9.83. The van der Waals surface area contributed by atoms with E-state index < -0.39 is 12.1 Å². The third kappa shape index (κ3) is 3.79. The van der Waals surface area contributed by atoms with Gasteiger partial charge in [0.1, 0.15) is 6.04 Å². The number of amides is 2. The number of carbonyl (C=O) groups is 2. The molecule has 3 atom stereocenters. The Balaban J connectivity index is 2.18. The zero-order chi connectivity index (χ0) is 17.2. The van der Waals surface area contributed by atoms with E-state index in [0.29, 0.717) is 5.92 Å². The topological polar surface area (TPSA) is 67.9 Å². The molecule has 2 heterocycles. The summed E-state index contributed by atoms with van der Waals surface area (Å²) in [5.41, 5.74) is 0.0946. The van der Waals surface area contributed by atoms with Gasteiger partial charge < -0.3 is 19.7 Å². The van der Waals surface area contributed by atoms with Crippen LogP contribution in [0.4, 0.5) is 4.79 Å². The van der Waals surface area contributed by atoms with Gasteiger partial charge in [0.05, 0.1) is 13.7 Å². The third-order valence-corrected chi connectivity index (χ3v) is 5.18. The Bertz CT molecular complexity index is 444. The summed E-state index contributed by atoms with van der Waals surface area (Å²) < 4.78 is 10.3. The predicted molar refractivity (Wildman–Crippen MR) is 87.0 cm³/mol. The van der Waals surface area contributed by atoms with Gasteiger partial charge in [0.25, 0.3) is 0 Å². The van der Waals surface area contributed by atoms with E-state index in [9.17, 15) is 9.59 Å². The van der Waals surface area contributed by atoms with Gasteiger partial charge in [-0.25, -0.2) is 4.79 Å². The van der Waals surface area contributed by atoms with Crippen molar-refractivity contribution in [1.82, 2.24) is 10.2 Å². The van der Waals surface area contributed by atoms with E-state index in [0.717, 1.165) is 32.6 Å². The van der Waals surface area contributed by atoms with Gasteiger partial charge in [-0.3, -0.25) is 4.79 Å². The lowest BCUT2D eigenvalue weighted by molar-refractivity contribution is -0.136. The van der Waals surface area contributed by atoms with Gasteiger partial charge in [-0.1, -0.05) is 27.7 Å². The van der Waals surface area contributed by atoms with E-state index in [1.54, 1.807) is 0 Å². The zero-order valence-corrected chi connectivity index (χ0v) is 14.9. The van der Waals surface area contributed by atoms with Crippen LogP contribution < -0.4 is 5.32 Å². The van der Waals surface area contributed by atoms with Crippen molar-refractivity contribution in [3.63, 3.8) is 0 Å². The summed E-state index contributed by atoms with van der Waals surface area (Å²) in [5.74, 6) is 0.378. The summed E-state index contributed by atoms with van der Waals surface area (Å²) in [6.45, 7) is 10.4. The molecular formula is C17H30N2O4.